The Balaban J connectivity index is 1.82. The molecule has 1 amide bonds. The normalized spacial score (nSPS) is 11.7. The highest BCUT2D eigenvalue weighted by atomic mass is 16.6. The van der Waals surface area contributed by atoms with Gasteiger partial charge in [-0.25, -0.2) is 4.79 Å². The lowest BCUT2D eigenvalue weighted by Crippen LogP contribution is -2.22. The van der Waals surface area contributed by atoms with Crippen LogP contribution in [0, 0.1) is 13.8 Å². The monoisotopic (exact) mass is 466 g/mol. The molecule has 7 nitrogen and oxygen atoms in total. The standard InChI is InChI=1S/C27H34N2O5/c1-7-9-10-19(8-2)33-27(30)29-21-11-12-23(18(4)17(21)3)34-24-13-14-28-22-16-26(32-6)25(31-5)15-20(22)24/h11-16,19H,7-10H2,1-6H3,(H,29,30). The first-order chi connectivity index (χ1) is 16.4. The molecule has 0 fully saturated rings. The molecule has 7 heteroatoms. The van der Waals surface area contributed by atoms with Crippen molar-refractivity contribution in [1.29, 1.82) is 0 Å². The van der Waals surface area contributed by atoms with E-state index >= 15 is 0 Å². The van der Waals surface area contributed by atoms with Gasteiger partial charge in [-0.1, -0.05) is 26.7 Å². The molecule has 0 aliphatic carbocycles. The molecule has 0 spiro atoms. The van der Waals surface area contributed by atoms with Gasteiger partial charge in [0.1, 0.15) is 17.6 Å². The minimum Gasteiger partial charge on any atom is -0.493 e. The van der Waals surface area contributed by atoms with Crippen molar-refractivity contribution in [2.45, 2.75) is 59.5 Å². The van der Waals surface area contributed by atoms with Gasteiger partial charge < -0.3 is 18.9 Å². The van der Waals surface area contributed by atoms with Gasteiger partial charge in [0.05, 0.1) is 19.7 Å². The number of methoxy groups -OCH3 is 2. The predicted octanol–water partition coefficient (Wildman–Crippen LogP) is 7.18. The van der Waals surface area contributed by atoms with E-state index in [2.05, 4.69) is 17.2 Å². The Bertz CT molecular complexity index is 1150. The van der Waals surface area contributed by atoms with Crippen LogP contribution in [0.1, 0.15) is 50.7 Å². The largest absolute Gasteiger partial charge is 0.493 e. The minimum atomic E-state index is -0.430. The zero-order valence-electron chi connectivity index (χ0n) is 20.9. The second-order valence-electron chi connectivity index (χ2n) is 8.20. The number of carbonyl (C=O) groups is 1. The van der Waals surface area contributed by atoms with Crippen LogP contribution in [-0.4, -0.2) is 31.4 Å². The van der Waals surface area contributed by atoms with Crippen molar-refractivity contribution >= 4 is 22.7 Å². The maximum atomic E-state index is 12.4. The molecule has 2 aromatic carbocycles. The molecule has 0 saturated heterocycles. The number of unbranched alkanes of at least 4 members (excludes halogenated alkanes) is 1. The van der Waals surface area contributed by atoms with E-state index in [1.807, 2.05) is 51.1 Å². The Morgan fingerprint density at radius 1 is 0.971 bits per heavy atom. The van der Waals surface area contributed by atoms with Gasteiger partial charge in [0.25, 0.3) is 0 Å². The number of hydrogen-bond donors (Lipinski definition) is 1. The van der Waals surface area contributed by atoms with Gasteiger partial charge >= 0.3 is 6.09 Å². The quantitative estimate of drug-likeness (QED) is 0.341. The number of amides is 1. The van der Waals surface area contributed by atoms with E-state index in [4.69, 9.17) is 18.9 Å². The molecule has 3 rings (SSSR count). The highest BCUT2D eigenvalue weighted by Gasteiger charge is 2.16. The van der Waals surface area contributed by atoms with Crippen LogP contribution in [0.3, 0.4) is 0 Å². The summed E-state index contributed by atoms with van der Waals surface area (Å²) in [6.07, 6.45) is 4.99. The second-order valence-corrected chi connectivity index (χ2v) is 8.20. The van der Waals surface area contributed by atoms with Crippen LogP contribution in [0.4, 0.5) is 10.5 Å². The van der Waals surface area contributed by atoms with E-state index in [0.29, 0.717) is 28.7 Å². The molecule has 0 bridgehead atoms. The fraction of sp³-hybridized carbons (Fsp3) is 0.407. The molecule has 0 radical (unpaired) electrons. The topological polar surface area (TPSA) is 78.9 Å². The van der Waals surface area contributed by atoms with E-state index in [1.54, 1.807) is 20.4 Å². The summed E-state index contributed by atoms with van der Waals surface area (Å²) in [7, 11) is 3.19. The van der Waals surface area contributed by atoms with Gasteiger partial charge in [-0.2, -0.15) is 0 Å². The minimum absolute atomic E-state index is 0.0699. The fourth-order valence-electron chi connectivity index (χ4n) is 3.77. The molecular formula is C27H34N2O5. The summed E-state index contributed by atoms with van der Waals surface area (Å²) in [5.41, 5.74) is 3.26. The van der Waals surface area contributed by atoms with Crippen molar-refractivity contribution in [1.82, 2.24) is 4.98 Å². The number of benzene rings is 2. The highest BCUT2D eigenvalue weighted by Crippen LogP contribution is 2.38. The van der Waals surface area contributed by atoms with Crippen LogP contribution in [0.2, 0.25) is 0 Å². The maximum Gasteiger partial charge on any atom is 0.411 e. The molecule has 0 aliphatic rings. The van der Waals surface area contributed by atoms with Crippen LogP contribution in [0.5, 0.6) is 23.0 Å². The Hall–Kier alpha value is -3.48. The zero-order valence-corrected chi connectivity index (χ0v) is 20.9. The van der Waals surface area contributed by atoms with Crippen LogP contribution in [0.25, 0.3) is 10.9 Å². The summed E-state index contributed by atoms with van der Waals surface area (Å²) in [5, 5.41) is 3.69. The Labute approximate surface area is 201 Å². The van der Waals surface area contributed by atoms with Gasteiger partial charge in [0.2, 0.25) is 0 Å². The SMILES string of the molecule is CCCCC(CC)OC(=O)Nc1ccc(Oc2ccnc3cc(OC)c(OC)cc23)c(C)c1C. The maximum absolute atomic E-state index is 12.4. The highest BCUT2D eigenvalue weighted by molar-refractivity contribution is 5.89. The number of nitrogens with one attached hydrogen (secondary N) is 1. The van der Waals surface area contributed by atoms with E-state index in [9.17, 15) is 4.79 Å². The number of hydrogen-bond acceptors (Lipinski definition) is 6. The van der Waals surface area contributed by atoms with Crippen molar-refractivity contribution in [2.24, 2.45) is 0 Å². The summed E-state index contributed by atoms with van der Waals surface area (Å²) >= 11 is 0. The van der Waals surface area contributed by atoms with E-state index in [-0.39, 0.29) is 6.10 Å². The third-order valence-corrected chi connectivity index (χ3v) is 6.01. The molecule has 1 N–H and O–H groups in total. The lowest BCUT2D eigenvalue weighted by atomic mass is 10.1. The summed E-state index contributed by atoms with van der Waals surface area (Å²) in [6, 6.07) is 9.17. The summed E-state index contributed by atoms with van der Waals surface area (Å²) in [6.45, 7) is 8.07. The molecule has 3 aromatic rings. The number of pyridine rings is 1. The molecule has 1 heterocycles. The first-order valence-corrected chi connectivity index (χ1v) is 11.7. The van der Waals surface area contributed by atoms with Gasteiger partial charge in [-0.05, 0) is 62.1 Å². The number of ether oxygens (including phenoxy) is 4. The Kier molecular flexibility index (Phi) is 8.57. The lowest BCUT2D eigenvalue weighted by molar-refractivity contribution is 0.101. The third-order valence-electron chi connectivity index (χ3n) is 6.01. The van der Waals surface area contributed by atoms with Gasteiger partial charge in [0.15, 0.2) is 11.5 Å². The second kappa shape index (κ2) is 11.6. The Morgan fingerprint density at radius 3 is 2.38 bits per heavy atom. The van der Waals surface area contributed by atoms with Gasteiger partial charge in [0, 0.05) is 23.3 Å². The van der Waals surface area contributed by atoms with Crippen LogP contribution < -0.4 is 19.5 Å². The average molecular weight is 467 g/mol. The predicted molar refractivity (Wildman–Crippen MR) is 135 cm³/mol. The van der Waals surface area contributed by atoms with E-state index < -0.39 is 6.09 Å². The zero-order chi connectivity index (χ0) is 24.7. The van der Waals surface area contributed by atoms with Crippen LogP contribution in [-0.2, 0) is 4.74 Å². The van der Waals surface area contributed by atoms with Gasteiger partial charge in [-0.15, -0.1) is 0 Å². The number of carbonyl (C=O) groups excluding carboxylic acids is 1. The number of nitrogens with zero attached hydrogens (tertiary/aromatic N) is 1. The van der Waals surface area contributed by atoms with Crippen molar-refractivity contribution in [3.63, 3.8) is 0 Å². The number of aromatic nitrogens is 1. The number of anilines is 1. The van der Waals surface area contributed by atoms with E-state index in [0.717, 1.165) is 47.7 Å². The van der Waals surface area contributed by atoms with Gasteiger partial charge in [-0.3, -0.25) is 10.3 Å². The van der Waals surface area contributed by atoms with Crippen molar-refractivity contribution < 1.29 is 23.7 Å². The molecular weight excluding hydrogens is 432 g/mol. The molecule has 34 heavy (non-hydrogen) atoms. The molecule has 1 unspecified atom stereocenters. The van der Waals surface area contributed by atoms with Crippen molar-refractivity contribution in [3.8, 4) is 23.0 Å². The van der Waals surface area contributed by atoms with Crippen LogP contribution >= 0.6 is 0 Å². The molecule has 0 saturated carbocycles. The Morgan fingerprint density at radius 2 is 1.71 bits per heavy atom. The third kappa shape index (κ3) is 5.71. The molecule has 0 aliphatic heterocycles. The first-order valence-electron chi connectivity index (χ1n) is 11.7. The number of rotatable bonds is 10. The lowest BCUT2D eigenvalue weighted by Gasteiger charge is -2.19. The summed E-state index contributed by atoms with van der Waals surface area (Å²) in [5.74, 6) is 2.54. The number of fused-ring (bicyclic) bond motifs is 1. The smallest absolute Gasteiger partial charge is 0.411 e. The average Bonchev–Trinajstić information content (AvgIpc) is 2.85. The first kappa shape index (κ1) is 25.1. The molecule has 182 valence electrons. The van der Waals surface area contributed by atoms with E-state index in [1.165, 1.54) is 0 Å². The summed E-state index contributed by atoms with van der Waals surface area (Å²) < 4.78 is 22.7. The van der Waals surface area contributed by atoms with Crippen LogP contribution in [0.15, 0.2) is 36.5 Å². The van der Waals surface area contributed by atoms with Crippen molar-refractivity contribution in [2.75, 3.05) is 19.5 Å². The molecule has 1 atom stereocenters. The molecule has 1 aromatic heterocycles. The van der Waals surface area contributed by atoms with Crippen molar-refractivity contribution in [3.05, 3.63) is 47.7 Å². The summed E-state index contributed by atoms with van der Waals surface area (Å²) in [4.78, 5) is 16.9. The fourth-order valence-corrected chi connectivity index (χ4v) is 3.77.